The quantitative estimate of drug-likeness (QED) is 0.300. The average molecular weight is 538 g/mol. The Morgan fingerprint density at radius 2 is 1.49 bits per heavy atom. The lowest BCUT2D eigenvalue weighted by molar-refractivity contribution is 0.625. The number of fused-ring (bicyclic) bond motifs is 2. The molecule has 2 aromatic heterocycles. The van der Waals surface area contributed by atoms with Crippen LogP contribution in [0.5, 0.6) is 0 Å². The molecule has 3 N–H and O–H groups in total. The molecule has 182 valence electrons. The van der Waals surface area contributed by atoms with Crippen molar-refractivity contribution in [3.63, 3.8) is 0 Å². The molecule has 2 saturated carbocycles. The van der Waals surface area contributed by atoms with Gasteiger partial charge in [0.05, 0.1) is 40.1 Å². The zero-order valence-electron chi connectivity index (χ0n) is 19.2. The van der Waals surface area contributed by atoms with E-state index in [0.717, 1.165) is 14.5 Å². The van der Waals surface area contributed by atoms with Gasteiger partial charge < -0.3 is 11.1 Å². The number of hydrogen-bond donors (Lipinski definition) is 2. The van der Waals surface area contributed by atoms with E-state index in [4.69, 9.17) is 29.2 Å². The monoisotopic (exact) mass is 537 g/mol. The second-order valence-corrected chi connectivity index (χ2v) is 10.2. The van der Waals surface area contributed by atoms with Crippen LogP contribution in [0.1, 0.15) is 38.2 Å². The van der Waals surface area contributed by atoms with E-state index in [1.165, 1.54) is 66.6 Å². The number of benzene rings is 2. The van der Waals surface area contributed by atoms with Crippen molar-refractivity contribution in [1.82, 2.24) is 9.97 Å². The van der Waals surface area contributed by atoms with E-state index in [1.54, 1.807) is 12.1 Å². The third-order valence-corrected chi connectivity index (χ3v) is 6.77. The van der Waals surface area contributed by atoms with Gasteiger partial charge in [0.2, 0.25) is 0 Å². The molecule has 0 bridgehead atoms. The van der Waals surface area contributed by atoms with Crippen molar-refractivity contribution in [3.8, 4) is 12.1 Å². The summed E-state index contributed by atoms with van der Waals surface area (Å²) in [6, 6.07) is 10.3. The van der Waals surface area contributed by atoms with Crippen LogP contribution >= 0.6 is 34.3 Å². The minimum Gasteiger partial charge on any atom is -0.359 e. The summed E-state index contributed by atoms with van der Waals surface area (Å²) in [7, 11) is -1.00. The number of nitriles is 2. The molecule has 2 fully saturated rings. The fourth-order valence-corrected chi connectivity index (χ4v) is 4.62. The molecule has 2 aromatic carbocycles. The predicted octanol–water partition coefficient (Wildman–Crippen LogP) is 6.54. The fourth-order valence-electron chi connectivity index (χ4n) is 2.60. The molecule has 2 aliphatic carbocycles. The number of alkyl halides is 1. The molecule has 2 aliphatic rings. The molecule has 0 atom stereocenters. The third-order valence-electron chi connectivity index (χ3n) is 4.70. The van der Waals surface area contributed by atoms with Crippen LogP contribution in [0.4, 0.5) is 18.3 Å². The summed E-state index contributed by atoms with van der Waals surface area (Å²) in [6.07, 6.45) is 4.88. The molecular formula is C23H20ClF3N6S2. The maximum atomic E-state index is 13.3. The van der Waals surface area contributed by atoms with Gasteiger partial charge in [-0.05, 0) is 37.8 Å². The first-order chi connectivity index (χ1) is 17.3. The van der Waals surface area contributed by atoms with Gasteiger partial charge in [-0.1, -0.05) is 22.9 Å². The first kappa shape index (κ1) is 25.1. The van der Waals surface area contributed by atoms with Gasteiger partial charge >= 0.3 is 0 Å². The van der Waals surface area contributed by atoms with Crippen molar-refractivity contribution in [3.05, 3.63) is 51.5 Å². The van der Waals surface area contributed by atoms with Crippen LogP contribution in [0.15, 0.2) is 24.3 Å². The summed E-state index contributed by atoms with van der Waals surface area (Å²) in [5, 5.41) is 21.3. The molecule has 35 heavy (non-hydrogen) atoms. The molecule has 4 aromatic rings. The number of nitrogens with one attached hydrogen (secondary N) is 1. The molecule has 0 radical (unpaired) electrons. The highest BCUT2D eigenvalue weighted by atomic mass is 35.5. The van der Waals surface area contributed by atoms with Crippen molar-refractivity contribution in [1.29, 1.82) is 10.5 Å². The molecule has 0 amide bonds. The van der Waals surface area contributed by atoms with E-state index in [0.29, 0.717) is 27.6 Å². The Kier molecular flexibility index (Phi) is 8.72. The first-order valence-electron chi connectivity index (χ1n) is 11.0. The number of thiazole rings is 2. The van der Waals surface area contributed by atoms with Gasteiger partial charge in [-0.3, -0.25) is 4.39 Å². The van der Waals surface area contributed by atoms with Crippen LogP contribution in [0.25, 0.3) is 20.4 Å². The molecular weight excluding hydrogens is 517 g/mol. The minimum atomic E-state index is -1.00. The van der Waals surface area contributed by atoms with Crippen molar-refractivity contribution < 1.29 is 14.5 Å². The topological polar surface area (TPSA) is 111 Å². The van der Waals surface area contributed by atoms with E-state index in [1.807, 2.05) is 6.07 Å². The van der Waals surface area contributed by atoms with Gasteiger partial charge in [-0.2, -0.15) is 10.5 Å². The number of aromatic nitrogens is 2. The van der Waals surface area contributed by atoms with Gasteiger partial charge in [0.15, 0.2) is 9.60 Å². The molecule has 0 saturated heterocycles. The highest BCUT2D eigenvalue weighted by Crippen LogP contribution is 2.32. The smallest absolute Gasteiger partial charge is 0.184 e. The highest BCUT2D eigenvalue weighted by Gasteiger charge is 2.22. The molecule has 2 heterocycles. The predicted molar refractivity (Wildman–Crippen MR) is 134 cm³/mol. The van der Waals surface area contributed by atoms with Crippen molar-refractivity contribution in [2.24, 2.45) is 5.73 Å². The zero-order valence-corrected chi connectivity index (χ0v) is 20.6. The normalized spacial score (nSPS) is 14.2. The summed E-state index contributed by atoms with van der Waals surface area (Å²) in [5.74, 6) is -1.06. The van der Waals surface area contributed by atoms with Crippen LogP contribution < -0.4 is 11.1 Å². The van der Waals surface area contributed by atoms with Crippen molar-refractivity contribution in [2.45, 2.75) is 37.8 Å². The average Bonchev–Trinajstić information content (AvgIpc) is 3.74. The lowest BCUT2D eigenvalue weighted by Gasteiger charge is -1.94. The maximum absolute atomic E-state index is 13.3. The SMILES string of the molecule is N#Cc1cc2sc(Cl)nc2cc1F.N#Cc1cc2sc(NC3CC3)nc2cc1F.NC1CC1.[2H]CF. The lowest BCUT2D eigenvalue weighted by Crippen LogP contribution is -1.99. The van der Waals surface area contributed by atoms with Gasteiger partial charge in [0.25, 0.3) is 0 Å². The van der Waals surface area contributed by atoms with Gasteiger partial charge in [0.1, 0.15) is 23.8 Å². The Morgan fingerprint density at radius 3 is 1.94 bits per heavy atom. The second-order valence-electron chi connectivity index (χ2n) is 7.57. The zero-order chi connectivity index (χ0) is 26.2. The molecule has 6 nitrogen and oxygen atoms in total. The van der Waals surface area contributed by atoms with Gasteiger partial charge in [-0.25, -0.2) is 18.7 Å². The Labute approximate surface area is 214 Å². The number of anilines is 1. The van der Waals surface area contributed by atoms with E-state index < -0.39 is 18.8 Å². The lowest BCUT2D eigenvalue weighted by atomic mass is 10.2. The van der Waals surface area contributed by atoms with Gasteiger partial charge in [-0.15, -0.1) is 11.3 Å². The van der Waals surface area contributed by atoms with E-state index in [-0.39, 0.29) is 11.1 Å². The van der Waals surface area contributed by atoms with Crippen LogP contribution in [-0.2, 0) is 0 Å². The maximum Gasteiger partial charge on any atom is 0.184 e. The Bertz CT molecular complexity index is 1420. The van der Waals surface area contributed by atoms with Gasteiger partial charge in [0, 0.05) is 24.2 Å². The number of hydrogen-bond acceptors (Lipinski definition) is 8. The van der Waals surface area contributed by atoms with E-state index in [2.05, 4.69) is 15.3 Å². The molecule has 0 aliphatic heterocycles. The number of halogens is 4. The second kappa shape index (κ2) is 12.1. The van der Waals surface area contributed by atoms with Crippen molar-refractivity contribution in [2.75, 3.05) is 12.5 Å². The summed E-state index contributed by atoms with van der Waals surface area (Å²) >= 11 is 8.32. The fraction of sp³-hybridized carbons (Fsp3) is 0.304. The molecule has 0 spiro atoms. The number of rotatable bonds is 2. The van der Waals surface area contributed by atoms with Crippen LogP contribution in [-0.4, -0.2) is 29.2 Å². The van der Waals surface area contributed by atoms with Crippen LogP contribution in [0.2, 0.25) is 4.47 Å². The standard InChI is InChI=1S/C11H8FN3S.C8H2ClFN2S.C3H7N.CH3F/c12-8-4-9-10(3-6(8)5-13)16-11(15-9)14-7-1-2-7;9-8-12-6-2-5(10)4(3-11)1-7(6)13-8;4-3-1-2-3;1-2/h3-4,7H,1-2H2,(H,14,15);1-2H;3H,1-2,4H2;1H3/i;;;1D. The van der Waals surface area contributed by atoms with E-state index in [9.17, 15) is 13.2 Å². The minimum absolute atomic E-state index is 0.0211. The molecule has 12 heteroatoms. The number of nitrogens with zero attached hydrogens (tertiary/aromatic N) is 4. The summed E-state index contributed by atoms with van der Waals surface area (Å²) < 4.78 is 43.8. The highest BCUT2D eigenvalue weighted by molar-refractivity contribution is 7.22. The van der Waals surface area contributed by atoms with Crippen LogP contribution in [0, 0.1) is 34.3 Å². The summed E-state index contributed by atoms with van der Waals surface area (Å²) in [6.45, 7) is 0. The Morgan fingerprint density at radius 1 is 1.00 bits per heavy atom. The Balaban J connectivity index is 0.000000161. The molecule has 0 unspecified atom stereocenters. The Hall–Kier alpha value is -2.96. The summed E-state index contributed by atoms with van der Waals surface area (Å²) in [4.78, 5) is 8.17. The number of nitrogens with two attached hydrogens (primary N) is 1. The van der Waals surface area contributed by atoms with Crippen LogP contribution in [0.3, 0.4) is 0 Å². The summed E-state index contributed by atoms with van der Waals surface area (Å²) in [5.41, 5.74) is 6.43. The first-order valence-corrected chi connectivity index (χ1v) is 12.3. The molecule has 6 rings (SSSR count). The largest absolute Gasteiger partial charge is 0.359 e. The van der Waals surface area contributed by atoms with E-state index >= 15 is 0 Å². The third kappa shape index (κ3) is 7.51. The van der Waals surface area contributed by atoms with Crippen molar-refractivity contribution >= 4 is 59.8 Å².